The molecule has 0 aliphatic carbocycles. The molecule has 116 valence electrons. The van der Waals surface area contributed by atoms with E-state index >= 15 is 0 Å². The molecule has 0 aromatic heterocycles. The molecule has 1 aliphatic rings. The van der Waals surface area contributed by atoms with Crippen LogP contribution >= 0.6 is 15.9 Å². The SMILES string of the molecule is CS(=O)(=O)C1(CF)CCC(c2cc(Br)ccc2F)N=C1N. The molecule has 1 heterocycles. The molecule has 0 bridgehead atoms. The van der Waals surface area contributed by atoms with Crippen molar-refractivity contribution in [1.82, 2.24) is 0 Å². The molecule has 2 atom stereocenters. The van der Waals surface area contributed by atoms with Crippen LogP contribution in [0.5, 0.6) is 0 Å². The van der Waals surface area contributed by atoms with Crippen LogP contribution < -0.4 is 5.73 Å². The summed E-state index contributed by atoms with van der Waals surface area (Å²) in [7, 11) is -3.74. The van der Waals surface area contributed by atoms with Gasteiger partial charge in [-0.1, -0.05) is 15.9 Å². The van der Waals surface area contributed by atoms with Gasteiger partial charge in [0, 0.05) is 16.3 Å². The van der Waals surface area contributed by atoms with Gasteiger partial charge in [-0.25, -0.2) is 17.2 Å². The van der Waals surface area contributed by atoms with Crippen molar-refractivity contribution in [3.8, 4) is 0 Å². The summed E-state index contributed by atoms with van der Waals surface area (Å²) in [6.45, 7) is -1.13. The van der Waals surface area contributed by atoms with Crippen LogP contribution in [0.3, 0.4) is 0 Å². The van der Waals surface area contributed by atoms with Crippen LogP contribution in [0, 0.1) is 5.82 Å². The fourth-order valence-corrected chi connectivity index (χ4v) is 3.95. The van der Waals surface area contributed by atoms with Crippen LogP contribution in [0.1, 0.15) is 24.4 Å². The van der Waals surface area contributed by atoms with Crippen LogP contribution in [0.15, 0.2) is 27.7 Å². The first-order chi connectivity index (χ1) is 9.71. The lowest BCUT2D eigenvalue weighted by atomic mass is 9.91. The van der Waals surface area contributed by atoms with E-state index in [-0.39, 0.29) is 18.7 Å². The molecule has 0 saturated carbocycles. The van der Waals surface area contributed by atoms with Gasteiger partial charge < -0.3 is 5.73 Å². The van der Waals surface area contributed by atoms with Gasteiger partial charge in [0.15, 0.2) is 14.6 Å². The fraction of sp³-hybridized carbons (Fsp3) is 0.462. The Hall–Kier alpha value is -1.02. The summed E-state index contributed by atoms with van der Waals surface area (Å²) in [5.74, 6) is -0.741. The largest absolute Gasteiger partial charge is 0.386 e. The number of hydrogen-bond acceptors (Lipinski definition) is 4. The van der Waals surface area contributed by atoms with Crippen LogP contribution in [-0.4, -0.2) is 31.9 Å². The lowest BCUT2D eigenvalue weighted by Gasteiger charge is -2.34. The number of aliphatic imine (C=N–C) groups is 1. The molecule has 0 radical (unpaired) electrons. The summed E-state index contributed by atoms with van der Waals surface area (Å²) in [5, 5.41) is 0. The molecule has 0 fully saturated rings. The normalized spacial score (nSPS) is 26.5. The number of benzene rings is 1. The average Bonchev–Trinajstić information content (AvgIpc) is 2.40. The van der Waals surface area contributed by atoms with E-state index in [0.717, 1.165) is 6.26 Å². The Kier molecular flexibility index (Phi) is 4.39. The van der Waals surface area contributed by atoms with Crippen LogP contribution in [0.25, 0.3) is 0 Å². The topological polar surface area (TPSA) is 72.5 Å². The van der Waals surface area contributed by atoms with E-state index < -0.39 is 33.1 Å². The zero-order valence-electron chi connectivity index (χ0n) is 11.3. The van der Waals surface area contributed by atoms with Gasteiger partial charge >= 0.3 is 0 Å². The van der Waals surface area contributed by atoms with E-state index in [1.807, 2.05) is 0 Å². The Morgan fingerprint density at radius 1 is 1.52 bits per heavy atom. The van der Waals surface area contributed by atoms with Crippen molar-refractivity contribution in [3.05, 3.63) is 34.1 Å². The molecule has 0 saturated heterocycles. The number of amidine groups is 1. The van der Waals surface area contributed by atoms with Gasteiger partial charge in [-0.3, -0.25) is 4.99 Å². The molecular weight excluding hydrogens is 366 g/mol. The number of nitrogens with zero attached hydrogens (tertiary/aromatic N) is 1. The minimum atomic E-state index is -3.74. The summed E-state index contributed by atoms with van der Waals surface area (Å²) in [4.78, 5) is 4.06. The molecule has 2 rings (SSSR count). The van der Waals surface area contributed by atoms with E-state index in [9.17, 15) is 17.2 Å². The molecule has 2 N–H and O–H groups in total. The second-order valence-electron chi connectivity index (χ2n) is 5.13. The lowest BCUT2D eigenvalue weighted by Crippen LogP contribution is -2.54. The maximum absolute atomic E-state index is 13.9. The highest BCUT2D eigenvalue weighted by atomic mass is 79.9. The van der Waals surface area contributed by atoms with E-state index in [1.54, 1.807) is 12.1 Å². The highest BCUT2D eigenvalue weighted by molar-refractivity contribution is 9.10. The molecule has 1 aliphatic heterocycles. The third-order valence-corrected chi connectivity index (χ3v) is 6.26. The first kappa shape index (κ1) is 16.4. The third-order valence-electron chi connectivity index (χ3n) is 3.83. The minimum Gasteiger partial charge on any atom is -0.386 e. The van der Waals surface area contributed by atoms with Crippen LogP contribution in [-0.2, 0) is 9.84 Å². The van der Waals surface area contributed by atoms with Crippen molar-refractivity contribution in [3.63, 3.8) is 0 Å². The zero-order valence-corrected chi connectivity index (χ0v) is 13.7. The number of halogens is 3. The van der Waals surface area contributed by atoms with Crippen molar-refractivity contribution < 1.29 is 17.2 Å². The molecule has 21 heavy (non-hydrogen) atoms. The Bertz CT molecular complexity index is 693. The highest BCUT2D eigenvalue weighted by Crippen LogP contribution is 2.37. The van der Waals surface area contributed by atoms with E-state index in [2.05, 4.69) is 20.9 Å². The average molecular weight is 381 g/mol. The summed E-state index contributed by atoms with van der Waals surface area (Å²) in [5.41, 5.74) is 6.04. The van der Waals surface area contributed by atoms with Crippen molar-refractivity contribution in [2.75, 3.05) is 12.9 Å². The zero-order chi connectivity index (χ0) is 15.8. The maximum Gasteiger partial charge on any atom is 0.162 e. The first-order valence-corrected chi connectivity index (χ1v) is 8.94. The number of hydrogen-bond donors (Lipinski definition) is 1. The second kappa shape index (κ2) is 5.64. The molecule has 0 spiro atoms. The van der Waals surface area contributed by atoms with E-state index in [0.29, 0.717) is 10.0 Å². The van der Waals surface area contributed by atoms with Crippen LogP contribution in [0.2, 0.25) is 0 Å². The van der Waals surface area contributed by atoms with Gasteiger partial charge in [0.25, 0.3) is 0 Å². The number of alkyl halides is 1. The monoisotopic (exact) mass is 380 g/mol. The van der Waals surface area contributed by atoms with Crippen molar-refractivity contribution in [2.45, 2.75) is 23.6 Å². The molecule has 2 unspecified atom stereocenters. The Morgan fingerprint density at radius 3 is 2.71 bits per heavy atom. The van der Waals surface area contributed by atoms with E-state index in [4.69, 9.17) is 5.73 Å². The fourth-order valence-electron chi connectivity index (χ4n) is 2.45. The second-order valence-corrected chi connectivity index (χ2v) is 8.38. The predicted molar refractivity (Wildman–Crippen MR) is 81.2 cm³/mol. The van der Waals surface area contributed by atoms with Crippen molar-refractivity contribution in [2.24, 2.45) is 10.7 Å². The van der Waals surface area contributed by atoms with Gasteiger partial charge in [0.2, 0.25) is 0 Å². The molecule has 8 heteroatoms. The Morgan fingerprint density at radius 2 is 2.19 bits per heavy atom. The first-order valence-electron chi connectivity index (χ1n) is 6.25. The van der Waals surface area contributed by atoms with Crippen molar-refractivity contribution >= 4 is 31.6 Å². The highest BCUT2D eigenvalue weighted by Gasteiger charge is 2.48. The molecule has 0 amide bonds. The standard InChI is InChI=1S/C13H15BrF2N2O2S/c1-21(19,20)13(7-15)5-4-11(18-12(13)17)9-6-8(14)2-3-10(9)16/h2-3,6,11H,4-5,7H2,1H3,(H2,17,18). The third kappa shape index (κ3) is 2.83. The quantitative estimate of drug-likeness (QED) is 0.875. The Balaban J connectivity index is 2.46. The predicted octanol–water partition coefficient (Wildman–Crippen LogP) is 2.53. The summed E-state index contributed by atoms with van der Waals surface area (Å²) < 4.78 is 49.8. The van der Waals surface area contributed by atoms with Crippen molar-refractivity contribution in [1.29, 1.82) is 0 Å². The summed E-state index contributed by atoms with van der Waals surface area (Å²) >= 11 is 3.24. The van der Waals surface area contributed by atoms with Crippen LogP contribution in [0.4, 0.5) is 8.78 Å². The van der Waals surface area contributed by atoms with Gasteiger partial charge in [-0.2, -0.15) is 0 Å². The smallest absolute Gasteiger partial charge is 0.162 e. The number of rotatable bonds is 3. The number of sulfone groups is 1. The molecule has 1 aromatic carbocycles. The molecular formula is C13H15BrF2N2O2S. The molecule has 4 nitrogen and oxygen atoms in total. The summed E-state index contributed by atoms with van der Waals surface area (Å²) in [6.07, 6.45) is 1.13. The Labute approximate surface area is 130 Å². The number of nitrogens with two attached hydrogens (primary N) is 1. The van der Waals surface area contributed by atoms with E-state index in [1.165, 1.54) is 6.07 Å². The van der Waals surface area contributed by atoms with Gasteiger partial charge in [0.05, 0.1) is 6.04 Å². The lowest BCUT2D eigenvalue weighted by molar-refractivity contribution is 0.385. The maximum atomic E-state index is 13.9. The van der Waals surface area contributed by atoms with Gasteiger partial charge in [-0.15, -0.1) is 0 Å². The summed E-state index contributed by atoms with van der Waals surface area (Å²) in [6, 6.07) is 3.80. The van der Waals surface area contributed by atoms with Gasteiger partial charge in [0.1, 0.15) is 18.3 Å². The van der Waals surface area contributed by atoms with Gasteiger partial charge in [-0.05, 0) is 31.0 Å². The minimum absolute atomic E-state index is 0.0196. The molecule has 1 aromatic rings.